The summed E-state index contributed by atoms with van der Waals surface area (Å²) < 4.78 is 4.70. The maximum Gasteiger partial charge on any atom is 0.337 e. The highest BCUT2D eigenvalue weighted by Gasteiger charge is 2.20. The van der Waals surface area contributed by atoms with Crippen molar-refractivity contribution >= 4 is 23.5 Å². The molecule has 2 rings (SSSR count). The lowest BCUT2D eigenvalue weighted by atomic mass is 10.1. The number of carbonyl (C=O) groups excluding carboxylic acids is 3. The molecule has 0 unspecified atom stereocenters. The molecule has 25 heavy (non-hydrogen) atoms. The molecule has 0 atom stereocenters. The van der Waals surface area contributed by atoms with Crippen LogP contribution in [0.1, 0.15) is 55.8 Å². The third-order valence-corrected chi connectivity index (χ3v) is 4.48. The van der Waals surface area contributed by atoms with Crippen LogP contribution in [0.5, 0.6) is 0 Å². The number of nitrogens with one attached hydrogen (secondary N) is 1. The Morgan fingerprint density at radius 2 is 1.84 bits per heavy atom. The lowest BCUT2D eigenvalue weighted by Gasteiger charge is -2.23. The number of rotatable bonds is 5. The quantitative estimate of drug-likeness (QED) is 0.657. The Balaban J connectivity index is 2.06. The van der Waals surface area contributed by atoms with E-state index < -0.39 is 5.97 Å². The van der Waals surface area contributed by atoms with Crippen molar-refractivity contribution in [2.75, 3.05) is 18.6 Å². The highest BCUT2D eigenvalue weighted by Crippen LogP contribution is 2.19. The van der Waals surface area contributed by atoms with E-state index in [9.17, 15) is 14.4 Å². The Morgan fingerprint density at radius 1 is 1.16 bits per heavy atom. The van der Waals surface area contributed by atoms with Crippen molar-refractivity contribution in [3.05, 3.63) is 29.8 Å². The number of methoxy groups -OCH3 is 1. The molecule has 1 fully saturated rings. The number of benzene rings is 1. The number of hydrogen-bond acceptors (Lipinski definition) is 4. The van der Waals surface area contributed by atoms with Gasteiger partial charge in [0.1, 0.15) is 6.54 Å². The van der Waals surface area contributed by atoms with Crippen LogP contribution in [0.3, 0.4) is 0 Å². The molecular weight excluding hydrogens is 320 g/mol. The van der Waals surface area contributed by atoms with Crippen LogP contribution in [-0.4, -0.2) is 37.5 Å². The SMILES string of the molecule is COC(=O)c1cccc(N(CC(=O)NC2CCCCCC2)C(C)=O)c1. The van der Waals surface area contributed by atoms with Gasteiger partial charge in [0.2, 0.25) is 11.8 Å². The molecule has 0 heterocycles. The van der Waals surface area contributed by atoms with Gasteiger partial charge in [-0.25, -0.2) is 4.79 Å². The van der Waals surface area contributed by atoms with Crippen LogP contribution in [0.4, 0.5) is 5.69 Å². The summed E-state index contributed by atoms with van der Waals surface area (Å²) in [5.74, 6) is -0.906. The van der Waals surface area contributed by atoms with Gasteiger partial charge in [0.15, 0.2) is 0 Å². The zero-order chi connectivity index (χ0) is 18.2. The Kier molecular flexibility index (Phi) is 6.98. The van der Waals surface area contributed by atoms with Gasteiger partial charge in [-0.1, -0.05) is 31.7 Å². The number of nitrogens with zero attached hydrogens (tertiary/aromatic N) is 1. The van der Waals surface area contributed by atoms with Gasteiger partial charge in [-0.3, -0.25) is 9.59 Å². The van der Waals surface area contributed by atoms with E-state index in [0.29, 0.717) is 11.3 Å². The minimum atomic E-state index is -0.478. The molecule has 0 aliphatic heterocycles. The average molecular weight is 346 g/mol. The van der Waals surface area contributed by atoms with Gasteiger partial charge in [0.05, 0.1) is 12.7 Å². The molecule has 1 aliphatic rings. The van der Waals surface area contributed by atoms with E-state index in [-0.39, 0.29) is 24.4 Å². The summed E-state index contributed by atoms with van der Waals surface area (Å²) in [7, 11) is 1.30. The van der Waals surface area contributed by atoms with Crippen LogP contribution in [0.25, 0.3) is 0 Å². The lowest BCUT2D eigenvalue weighted by Crippen LogP contribution is -2.43. The van der Waals surface area contributed by atoms with Crippen molar-refractivity contribution < 1.29 is 19.1 Å². The van der Waals surface area contributed by atoms with Crippen molar-refractivity contribution in [1.29, 1.82) is 0 Å². The molecule has 6 heteroatoms. The number of amides is 2. The predicted molar refractivity (Wildman–Crippen MR) is 95.4 cm³/mol. The summed E-state index contributed by atoms with van der Waals surface area (Å²) >= 11 is 0. The van der Waals surface area contributed by atoms with Gasteiger partial charge < -0.3 is 15.0 Å². The molecule has 0 radical (unpaired) electrons. The van der Waals surface area contributed by atoms with E-state index in [2.05, 4.69) is 5.32 Å². The van der Waals surface area contributed by atoms with E-state index in [0.717, 1.165) is 25.7 Å². The van der Waals surface area contributed by atoms with Crippen LogP contribution in [0.15, 0.2) is 24.3 Å². The first kappa shape index (κ1) is 19.0. The first-order chi connectivity index (χ1) is 12.0. The van der Waals surface area contributed by atoms with Crippen LogP contribution < -0.4 is 10.2 Å². The summed E-state index contributed by atoms with van der Waals surface area (Å²) in [5.41, 5.74) is 0.849. The molecule has 1 N–H and O–H groups in total. The molecule has 6 nitrogen and oxygen atoms in total. The molecule has 0 aromatic heterocycles. The van der Waals surface area contributed by atoms with E-state index in [1.54, 1.807) is 24.3 Å². The second kappa shape index (κ2) is 9.20. The van der Waals surface area contributed by atoms with Gasteiger partial charge in [0.25, 0.3) is 0 Å². The molecule has 0 bridgehead atoms. The second-order valence-electron chi connectivity index (χ2n) is 6.40. The minimum Gasteiger partial charge on any atom is -0.465 e. The molecule has 1 saturated carbocycles. The summed E-state index contributed by atoms with van der Waals surface area (Å²) in [6.07, 6.45) is 6.66. The number of carbonyl (C=O) groups is 3. The fraction of sp³-hybridized carbons (Fsp3) is 0.526. The topological polar surface area (TPSA) is 75.7 Å². The average Bonchev–Trinajstić information content (AvgIpc) is 2.87. The van der Waals surface area contributed by atoms with E-state index >= 15 is 0 Å². The molecule has 136 valence electrons. The number of anilines is 1. The van der Waals surface area contributed by atoms with Crippen molar-refractivity contribution in [1.82, 2.24) is 5.32 Å². The van der Waals surface area contributed by atoms with Gasteiger partial charge in [-0.15, -0.1) is 0 Å². The molecule has 2 amide bonds. The highest BCUT2D eigenvalue weighted by molar-refractivity contribution is 5.99. The van der Waals surface area contributed by atoms with Crippen molar-refractivity contribution in [3.63, 3.8) is 0 Å². The summed E-state index contributed by atoms with van der Waals surface area (Å²) in [6.45, 7) is 1.35. The van der Waals surface area contributed by atoms with Crippen LogP contribution in [0, 0.1) is 0 Å². The first-order valence-electron chi connectivity index (χ1n) is 8.77. The third kappa shape index (κ3) is 5.59. The lowest BCUT2D eigenvalue weighted by molar-refractivity contribution is -0.123. The summed E-state index contributed by atoms with van der Waals surface area (Å²) in [4.78, 5) is 37.4. The number of esters is 1. The zero-order valence-electron chi connectivity index (χ0n) is 14.9. The van der Waals surface area contributed by atoms with Gasteiger partial charge in [-0.2, -0.15) is 0 Å². The van der Waals surface area contributed by atoms with E-state index in [1.165, 1.54) is 31.8 Å². The Morgan fingerprint density at radius 3 is 2.44 bits per heavy atom. The molecule has 1 aromatic rings. The monoisotopic (exact) mass is 346 g/mol. The molecule has 1 aromatic carbocycles. The summed E-state index contributed by atoms with van der Waals surface area (Å²) in [6, 6.07) is 6.73. The van der Waals surface area contributed by atoms with Crippen molar-refractivity contribution in [2.24, 2.45) is 0 Å². The zero-order valence-corrected chi connectivity index (χ0v) is 14.9. The Labute approximate surface area is 148 Å². The van der Waals surface area contributed by atoms with Crippen molar-refractivity contribution in [3.8, 4) is 0 Å². The normalized spacial score (nSPS) is 15.1. The maximum absolute atomic E-state index is 12.4. The smallest absolute Gasteiger partial charge is 0.337 e. The standard InChI is InChI=1S/C19H26N2O4/c1-14(22)21(17-11-7-8-15(12-17)19(24)25-2)13-18(23)20-16-9-5-3-4-6-10-16/h7-8,11-12,16H,3-6,9-10,13H2,1-2H3,(H,20,23). The third-order valence-electron chi connectivity index (χ3n) is 4.48. The first-order valence-corrected chi connectivity index (χ1v) is 8.77. The second-order valence-corrected chi connectivity index (χ2v) is 6.40. The van der Waals surface area contributed by atoms with E-state index in [4.69, 9.17) is 4.74 Å². The molecule has 0 saturated heterocycles. The highest BCUT2D eigenvalue weighted by atomic mass is 16.5. The maximum atomic E-state index is 12.4. The van der Waals surface area contributed by atoms with Gasteiger partial charge in [0, 0.05) is 18.7 Å². The fourth-order valence-electron chi connectivity index (χ4n) is 3.14. The Hall–Kier alpha value is -2.37. The number of hydrogen-bond donors (Lipinski definition) is 1. The molecular formula is C19H26N2O4. The predicted octanol–water partition coefficient (Wildman–Crippen LogP) is 2.67. The summed E-state index contributed by atoms with van der Waals surface area (Å²) in [5, 5.41) is 3.04. The van der Waals surface area contributed by atoms with Gasteiger partial charge >= 0.3 is 5.97 Å². The largest absolute Gasteiger partial charge is 0.465 e. The van der Waals surface area contributed by atoms with Crippen LogP contribution >= 0.6 is 0 Å². The Bertz CT molecular complexity index is 622. The van der Waals surface area contributed by atoms with E-state index in [1.807, 2.05) is 0 Å². The fourth-order valence-corrected chi connectivity index (χ4v) is 3.14. The number of ether oxygens (including phenoxy) is 1. The van der Waals surface area contributed by atoms with Crippen LogP contribution in [-0.2, 0) is 14.3 Å². The van der Waals surface area contributed by atoms with Crippen LogP contribution in [0.2, 0.25) is 0 Å². The van der Waals surface area contributed by atoms with Gasteiger partial charge in [-0.05, 0) is 31.0 Å². The van der Waals surface area contributed by atoms with Crippen molar-refractivity contribution in [2.45, 2.75) is 51.5 Å². The molecule has 0 spiro atoms. The minimum absolute atomic E-state index is 0.0591. The molecule has 1 aliphatic carbocycles.